The fraction of sp³-hybridized carbons (Fsp3) is 0.188. The number of nitrogens with one attached hydrogen (secondary N) is 1. The van der Waals surface area contributed by atoms with Gasteiger partial charge in [-0.05, 0) is 30.7 Å². The first kappa shape index (κ1) is 14.7. The quantitative estimate of drug-likeness (QED) is 0.887. The molecule has 0 radical (unpaired) electrons. The molecule has 0 saturated carbocycles. The van der Waals surface area contributed by atoms with Gasteiger partial charge in [0.1, 0.15) is 17.2 Å². The third-order valence-corrected chi connectivity index (χ3v) is 2.88. The van der Waals surface area contributed by atoms with Crippen LogP contribution < -0.4 is 14.8 Å². The summed E-state index contributed by atoms with van der Waals surface area (Å²) in [6, 6.07) is 11.7. The lowest BCUT2D eigenvalue weighted by molar-refractivity contribution is -0.118. The van der Waals surface area contributed by atoms with E-state index in [0.717, 1.165) is 5.56 Å². The van der Waals surface area contributed by atoms with E-state index < -0.39 is 0 Å². The number of amides is 1. The molecular weight excluding hydrogens is 270 g/mol. The van der Waals surface area contributed by atoms with Crippen LogP contribution in [0.3, 0.4) is 0 Å². The van der Waals surface area contributed by atoms with Crippen molar-refractivity contribution in [3.8, 4) is 17.2 Å². The lowest BCUT2D eigenvalue weighted by Crippen LogP contribution is -2.20. The Bertz CT molecular complexity index is 640. The van der Waals surface area contributed by atoms with Crippen LogP contribution >= 0.6 is 0 Å². The standard InChI is InChI=1S/C16H17NO4/c1-11-6-7-14(9-15(11)20-2)21-10-16(19)17-12-4-3-5-13(18)8-12/h3-9,18H,10H2,1-2H3,(H,17,19). The molecule has 0 aromatic heterocycles. The van der Waals surface area contributed by atoms with Gasteiger partial charge in [0.25, 0.3) is 5.91 Å². The molecule has 5 nitrogen and oxygen atoms in total. The van der Waals surface area contributed by atoms with Crippen molar-refractivity contribution in [1.29, 1.82) is 0 Å². The summed E-state index contributed by atoms with van der Waals surface area (Å²) in [5.74, 6) is 1.06. The van der Waals surface area contributed by atoms with E-state index in [4.69, 9.17) is 9.47 Å². The van der Waals surface area contributed by atoms with Gasteiger partial charge in [-0.25, -0.2) is 0 Å². The van der Waals surface area contributed by atoms with Crippen molar-refractivity contribution in [2.24, 2.45) is 0 Å². The molecule has 5 heteroatoms. The summed E-state index contributed by atoms with van der Waals surface area (Å²) in [6.07, 6.45) is 0. The van der Waals surface area contributed by atoms with Crippen LogP contribution in [-0.2, 0) is 4.79 Å². The molecule has 0 fully saturated rings. The monoisotopic (exact) mass is 287 g/mol. The maximum atomic E-state index is 11.8. The Morgan fingerprint density at radius 2 is 2.05 bits per heavy atom. The molecule has 1 amide bonds. The molecular formula is C16H17NO4. The number of carbonyl (C=O) groups is 1. The van der Waals surface area contributed by atoms with Crippen LogP contribution in [0.25, 0.3) is 0 Å². The fourth-order valence-corrected chi connectivity index (χ4v) is 1.82. The maximum Gasteiger partial charge on any atom is 0.262 e. The lowest BCUT2D eigenvalue weighted by Gasteiger charge is -2.10. The molecule has 2 aromatic carbocycles. The lowest BCUT2D eigenvalue weighted by atomic mass is 10.2. The molecule has 21 heavy (non-hydrogen) atoms. The Balaban J connectivity index is 1.92. The Morgan fingerprint density at radius 3 is 2.76 bits per heavy atom. The minimum atomic E-state index is -0.305. The second-order valence-electron chi connectivity index (χ2n) is 4.52. The number of benzene rings is 2. The Hall–Kier alpha value is -2.69. The van der Waals surface area contributed by atoms with Gasteiger partial charge >= 0.3 is 0 Å². The van der Waals surface area contributed by atoms with Crippen LogP contribution in [-0.4, -0.2) is 24.7 Å². The molecule has 0 unspecified atom stereocenters. The zero-order chi connectivity index (χ0) is 15.2. The highest BCUT2D eigenvalue weighted by Crippen LogP contribution is 2.23. The van der Waals surface area contributed by atoms with Crippen LogP contribution in [0.5, 0.6) is 17.2 Å². The van der Waals surface area contributed by atoms with Gasteiger partial charge in [0, 0.05) is 17.8 Å². The van der Waals surface area contributed by atoms with E-state index in [1.54, 1.807) is 31.4 Å². The SMILES string of the molecule is COc1cc(OCC(=O)Nc2cccc(O)c2)ccc1C. The Kier molecular flexibility index (Phi) is 4.66. The van der Waals surface area contributed by atoms with E-state index in [2.05, 4.69) is 5.32 Å². The van der Waals surface area contributed by atoms with Crippen LogP contribution in [0.15, 0.2) is 42.5 Å². The largest absolute Gasteiger partial charge is 0.508 e. The highest BCUT2D eigenvalue weighted by Gasteiger charge is 2.06. The first-order valence-electron chi connectivity index (χ1n) is 6.45. The van der Waals surface area contributed by atoms with Crippen LogP contribution in [0, 0.1) is 6.92 Å². The van der Waals surface area contributed by atoms with E-state index in [1.807, 2.05) is 13.0 Å². The van der Waals surface area contributed by atoms with Gasteiger partial charge < -0.3 is 19.9 Å². The van der Waals surface area contributed by atoms with Crippen LogP contribution in [0.2, 0.25) is 0 Å². The summed E-state index contributed by atoms with van der Waals surface area (Å²) in [6.45, 7) is 1.80. The predicted molar refractivity (Wildman–Crippen MR) is 80.0 cm³/mol. The minimum Gasteiger partial charge on any atom is -0.508 e. The molecule has 0 bridgehead atoms. The number of phenolic OH excluding ortho intramolecular Hbond substituents is 1. The highest BCUT2D eigenvalue weighted by molar-refractivity contribution is 5.92. The molecule has 0 spiro atoms. The molecule has 0 atom stereocenters. The summed E-state index contributed by atoms with van der Waals surface area (Å²) >= 11 is 0. The van der Waals surface area contributed by atoms with E-state index in [0.29, 0.717) is 17.2 Å². The Morgan fingerprint density at radius 1 is 1.24 bits per heavy atom. The molecule has 2 aromatic rings. The summed E-state index contributed by atoms with van der Waals surface area (Å²) in [4.78, 5) is 11.8. The Labute approximate surface area is 123 Å². The first-order chi connectivity index (χ1) is 10.1. The molecule has 2 N–H and O–H groups in total. The topological polar surface area (TPSA) is 67.8 Å². The number of ether oxygens (including phenoxy) is 2. The average molecular weight is 287 g/mol. The average Bonchev–Trinajstić information content (AvgIpc) is 2.46. The number of hydrogen-bond acceptors (Lipinski definition) is 4. The molecule has 110 valence electrons. The van der Waals surface area contributed by atoms with Gasteiger partial charge in [-0.1, -0.05) is 12.1 Å². The summed E-state index contributed by atoms with van der Waals surface area (Å²) in [7, 11) is 1.58. The molecule has 0 heterocycles. The maximum absolute atomic E-state index is 11.8. The number of methoxy groups -OCH3 is 1. The number of aryl methyl sites for hydroxylation is 1. The number of carbonyl (C=O) groups excluding carboxylic acids is 1. The number of rotatable bonds is 5. The number of aromatic hydroxyl groups is 1. The van der Waals surface area contributed by atoms with Gasteiger partial charge in [-0.15, -0.1) is 0 Å². The van der Waals surface area contributed by atoms with E-state index in [9.17, 15) is 9.90 Å². The van der Waals surface area contributed by atoms with Gasteiger partial charge in [-0.2, -0.15) is 0 Å². The second kappa shape index (κ2) is 6.65. The molecule has 0 saturated heterocycles. The zero-order valence-electron chi connectivity index (χ0n) is 11.9. The smallest absolute Gasteiger partial charge is 0.262 e. The fourth-order valence-electron chi connectivity index (χ4n) is 1.82. The third-order valence-electron chi connectivity index (χ3n) is 2.88. The summed E-state index contributed by atoms with van der Waals surface area (Å²) in [5, 5.41) is 12.0. The van der Waals surface area contributed by atoms with Crippen molar-refractivity contribution in [3.05, 3.63) is 48.0 Å². The molecule has 0 aliphatic heterocycles. The van der Waals surface area contributed by atoms with Crippen molar-refractivity contribution in [2.75, 3.05) is 19.0 Å². The van der Waals surface area contributed by atoms with Gasteiger partial charge in [-0.3, -0.25) is 4.79 Å². The van der Waals surface area contributed by atoms with Crippen molar-refractivity contribution in [2.45, 2.75) is 6.92 Å². The second-order valence-corrected chi connectivity index (χ2v) is 4.52. The van der Waals surface area contributed by atoms with Gasteiger partial charge in [0.2, 0.25) is 0 Å². The van der Waals surface area contributed by atoms with Gasteiger partial charge in [0.15, 0.2) is 6.61 Å². The molecule has 0 aliphatic carbocycles. The van der Waals surface area contributed by atoms with Crippen molar-refractivity contribution in [3.63, 3.8) is 0 Å². The van der Waals surface area contributed by atoms with Crippen LogP contribution in [0.1, 0.15) is 5.56 Å². The van der Waals surface area contributed by atoms with Gasteiger partial charge in [0.05, 0.1) is 7.11 Å². The first-order valence-corrected chi connectivity index (χ1v) is 6.45. The van der Waals surface area contributed by atoms with Crippen molar-refractivity contribution < 1.29 is 19.4 Å². The normalized spacial score (nSPS) is 10.0. The number of hydrogen-bond donors (Lipinski definition) is 2. The predicted octanol–water partition coefficient (Wildman–Crippen LogP) is 2.73. The third kappa shape index (κ3) is 4.14. The minimum absolute atomic E-state index is 0.0944. The molecule has 2 rings (SSSR count). The zero-order valence-corrected chi connectivity index (χ0v) is 11.9. The van der Waals surface area contributed by atoms with E-state index in [-0.39, 0.29) is 18.3 Å². The van der Waals surface area contributed by atoms with E-state index >= 15 is 0 Å². The summed E-state index contributed by atoms with van der Waals surface area (Å²) in [5.41, 5.74) is 1.51. The van der Waals surface area contributed by atoms with Crippen LogP contribution in [0.4, 0.5) is 5.69 Å². The molecule has 0 aliphatic rings. The highest BCUT2D eigenvalue weighted by atomic mass is 16.5. The van der Waals surface area contributed by atoms with E-state index in [1.165, 1.54) is 12.1 Å². The number of phenols is 1. The summed E-state index contributed by atoms with van der Waals surface area (Å²) < 4.78 is 10.6. The van der Waals surface area contributed by atoms with Crippen molar-refractivity contribution in [1.82, 2.24) is 0 Å². The van der Waals surface area contributed by atoms with Crippen molar-refractivity contribution >= 4 is 11.6 Å². The number of anilines is 1.